The van der Waals surface area contributed by atoms with Crippen LogP contribution in [-0.2, 0) is 4.74 Å². The van der Waals surface area contributed by atoms with Gasteiger partial charge < -0.3 is 15.2 Å². The van der Waals surface area contributed by atoms with Crippen molar-refractivity contribution in [2.24, 2.45) is 5.73 Å². The Balaban J connectivity index is 1.93. The van der Waals surface area contributed by atoms with E-state index in [-0.39, 0.29) is 12.1 Å². The minimum absolute atomic E-state index is 0.0639. The largest absolute Gasteiger partial charge is 0.475 e. The lowest BCUT2D eigenvalue weighted by Gasteiger charge is -2.23. The molecule has 0 spiro atoms. The molecule has 94 valence electrons. The van der Waals surface area contributed by atoms with E-state index in [9.17, 15) is 0 Å². The topological polar surface area (TPSA) is 57.4 Å². The zero-order valence-corrected chi connectivity index (χ0v) is 10.3. The van der Waals surface area contributed by atoms with E-state index in [0.717, 1.165) is 25.0 Å². The number of hydrogen-bond acceptors (Lipinski definition) is 4. The second-order valence-corrected chi connectivity index (χ2v) is 4.49. The molecule has 2 N–H and O–H groups in total. The van der Waals surface area contributed by atoms with Crippen LogP contribution in [-0.4, -0.2) is 24.3 Å². The van der Waals surface area contributed by atoms with E-state index in [0.29, 0.717) is 12.5 Å². The molecule has 0 aliphatic carbocycles. The Bertz CT molecular complexity index is 349. The van der Waals surface area contributed by atoms with Crippen LogP contribution in [0.3, 0.4) is 0 Å². The third-order valence-corrected chi connectivity index (χ3v) is 2.97. The van der Waals surface area contributed by atoms with Crippen molar-refractivity contribution in [3.05, 3.63) is 23.9 Å². The van der Waals surface area contributed by atoms with Crippen LogP contribution in [0, 0.1) is 0 Å². The zero-order valence-electron chi connectivity index (χ0n) is 10.3. The van der Waals surface area contributed by atoms with Gasteiger partial charge in [0.2, 0.25) is 5.88 Å². The Morgan fingerprint density at radius 3 is 3.18 bits per heavy atom. The average molecular weight is 236 g/mol. The summed E-state index contributed by atoms with van der Waals surface area (Å²) >= 11 is 0. The Labute approximate surface area is 102 Å². The Morgan fingerprint density at radius 1 is 1.59 bits per heavy atom. The second kappa shape index (κ2) is 5.98. The number of aromatic nitrogens is 1. The van der Waals surface area contributed by atoms with Gasteiger partial charge in [-0.25, -0.2) is 4.98 Å². The van der Waals surface area contributed by atoms with E-state index in [4.69, 9.17) is 15.2 Å². The first-order chi connectivity index (χ1) is 8.27. The SMILES string of the molecule is C[C@H](N)c1cccnc1OCC1CCCCO1. The molecule has 0 radical (unpaired) electrons. The highest BCUT2D eigenvalue weighted by atomic mass is 16.5. The summed E-state index contributed by atoms with van der Waals surface area (Å²) in [5.74, 6) is 0.636. The minimum atomic E-state index is -0.0639. The Morgan fingerprint density at radius 2 is 2.47 bits per heavy atom. The molecular weight excluding hydrogens is 216 g/mol. The summed E-state index contributed by atoms with van der Waals surface area (Å²) in [6, 6.07) is 3.77. The predicted molar refractivity (Wildman–Crippen MR) is 65.9 cm³/mol. The lowest BCUT2D eigenvalue weighted by atomic mass is 10.1. The molecule has 1 aliphatic rings. The van der Waals surface area contributed by atoms with Crippen molar-refractivity contribution >= 4 is 0 Å². The molecular formula is C13H20N2O2. The molecule has 17 heavy (non-hydrogen) atoms. The molecule has 2 rings (SSSR count). The molecule has 4 heteroatoms. The maximum absolute atomic E-state index is 5.87. The minimum Gasteiger partial charge on any atom is -0.475 e. The molecule has 0 bridgehead atoms. The third kappa shape index (κ3) is 3.41. The molecule has 4 nitrogen and oxygen atoms in total. The van der Waals surface area contributed by atoms with Gasteiger partial charge in [-0.1, -0.05) is 6.07 Å². The number of rotatable bonds is 4. The monoisotopic (exact) mass is 236 g/mol. The molecule has 2 heterocycles. The van der Waals surface area contributed by atoms with E-state index in [1.807, 2.05) is 19.1 Å². The zero-order chi connectivity index (χ0) is 12.1. The maximum Gasteiger partial charge on any atom is 0.218 e. The van der Waals surface area contributed by atoms with Crippen LogP contribution in [0.2, 0.25) is 0 Å². The van der Waals surface area contributed by atoms with Crippen LogP contribution < -0.4 is 10.5 Å². The van der Waals surface area contributed by atoms with Gasteiger partial charge in [-0.15, -0.1) is 0 Å². The normalized spacial score (nSPS) is 22.1. The highest BCUT2D eigenvalue weighted by molar-refractivity contribution is 5.28. The molecule has 0 amide bonds. The van der Waals surface area contributed by atoms with Gasteiger partial charge in [0, 0.05) is 24.4 Å². The van der Waals surface area contributed by atoms with Gasteiger partial charge in [-0.3, -0.25) is 0 Å². The number of nitrogens with two attached hydrogens (primary N) is 1. The summed E-state index contributed by atoms with van der Waals surface area (Å²) in [4.78, 5) is 4.23. The second-order valence-electron chi connectivity index (χ2n) is 4.49. The number of hydrogen-bond donors (Lipinski definition) is 1. The van der Waals surface area contributed by atoms with E-state index < -0.39 is 0 Å². The first-order valence-electron chi connectivity index (χ1n) is 6.22. The van der Waals surface area contributed by atoms with Gasteiger partial charge >= 0.3 is 0 Å². The van der Waals surface area contributed by atoms with Gasteiger partial charge in [-0.05, 0) is 32.3 Å². The van der Waals surface area contributed by atoms with Crippen LogP contribution >= 0.6 is 0 Å². The molecule has 1 aromatic heterocycles. The summed E-state index contributed by atoms with van der Waals surface area (Å²) in [6.45, 7) is 3.34. The Hall–Kier alpha value is -1.13. The molecule has 0 aromatic carbocycles. The smallest absolute Gasteiger partial charge is 0.218 e. The summed E-state index contributed by atoms with van der Waals surface area (Å²) < 4.78 is 11.3. The van der Waals surface area contributed by atoms with Crippen molar-refractivity contribution in [3.63, 3.8) is 0 Å². The summed E-state index contributed by atoms with van der Waals surface area (Å²) in [6.07, 6.45) is 5.37. The number of pyridine rings is 1. The van der Waals surface area contributed by atoms with E-state index in [1.54, 1.807) is 6.20 Å². The fraction of sp³-hybridized carbons (Fsp3) is 0.615. The summed E-state index contributed by atoms with van der Waals surface area (Å²) in [5.41, 5.74) is 6.82. The van der Waals surface area contributed by atoms with Gasteiger partial charge in [0.05, 0.1) is 6.10 Å². The number of ether oxygens (including phenoxy) is 2. The third-order valence-electron chi connectivity index (χ3n) is 2.97. The van der Waals surface area contributed by atoms with Gasteiger partial charge in [0.25, 0.3) is 0 Å². The van der Waals surface area contributed by atoms with Crippen LogP contribution in [0.15, 0.2) is 18.3 Å². The summed E-state index contributed by atoms with van der Waals surface area (Å²) in [7, 11) is 0. The first kappa shape index (κ1) is 12.3. The first-order valence-corrected chi connectivity index (χ1v) is 6.22. The predicted octanol–water partition coefficient (Wildman–Crippen LogP) is 2.05. The molecule has 1 aliphatic heterocycles. The number of nitrogens with zero attached hydrogens (tertiary/aromatic N) is 1. The van der Waals surface area contributed by atoms with Gasteiger partial charge in [0.15, 0.2) is 0 Å². The molecule has 0 saturated carbocycles. The van der Waals surface area contributed by atoms with Crippen LogP contribution in [0.25, 0.3) is 0 Å². The average Bonchev–Trinajstić information content (AvgIpc) is 2.38. The van der Waals surface area contributed by atoms with Crippen molar-refractivity contribution in [2.75, 3.05) is 13.2 Å². The summed E-state index contributed by atoms with van der Waals surface area (Å²) in [5, 5.41) is 0. The lowest BCUT2D eigenvalue weighted by Crippen LogP contribution is -2.26. The molecule has 2 atom stereocenters. The van der Waals surface area contributed by atoms with E-state index in [1.165, 1.54) is 6.42 Å². The highest BCUT2D eigenvalue weighted by Crippen LogP contribution is 2.21. The fourth-order valence-corrected chi connectivity index (χ4v) is 1.98. The van der Waals surface area contributed by atoms with Crippen molar-refractivity contribution in [1.29, 1.82) is 0 Å². The van der Waals surface area contributed by atoms with Crippen molar-refractivity contribution < 1.29 is 9.47 Å². The van der Waals surface area contributed by atoms with Crippen molar-refractivity contribution in [3.8, 4) is 5.88 Å². The molecule has 1 fully saturated rings. The van der Waals surface area contributed by atoms with Crippen LogP contribution in [0.1, 0.15) is 37.8 Å². The van der Waals surface area contributed by atoms with E-state index in [2.05, 4.69) is 4.98 Å². The van der Waals surface area contributed by atoms with E-state index >= 15 is 0 Å². The highest BCUT2D eigenvalue weighted by Gasteiger charge is 2.16. The van der Waals surface area contributed by atoms with Gasteiger partial charge in [0.1, 0.15) is 6.61 Å². The molecule has 1 aromatic rings. The van der Waals surface area contributed by atoms with Gasteiger partial charge in [-0.2, -0.15) is 0 Å². The van der Waals surface area contributed by atoms with Crippen molar-refractivity contribution in [1.82, 2.24) is 4.98 Å². The standard InChI is InChI=1S/C13H20N2O2/c1-10(14)12-6-4-7-15-13(12)17-9-11-5-2-3-8-16-11/h4,6-7,10-11H,2-3,5,8-9,14H2,1H3/t10-,11?/m0/s1. The van der Waals surface area contributed by atoms with Crippen LogP contribution in [0.5, 0.6) is 5.88 Å². The van der Waals surface area contributed by atoms with Crippen molar-refractivity contribution in [2.45, 2.75) is 38.3 Å². The Kier molecular flexibility index (Phi) is 4.34. The molecule has 1 unspecified atom stereocenters. The molecule has 1 saturated heterocycles. The quantitative estimate of drug-likeness (QED) is 0.869. The maximum atomic E-state index is 5.87. The van der Waals surface area contributed by atoms with Crippen LogP contribution in [0.4, 0.5) is 0 Å². The fourth-order valence-electron chi connectivity index (χ4n) is 1.98. The lowest BCUT2D eigenvalue weighted by molar-refractivity contribution is -0.0121.